The zero-order chi connectivity index (χ0) is 9.14. The minimum atomic E-state index is -0.478. The van der Waals surface area contributed by atoms with Crippen LogP contribution in [-0.4, -0.2) is 9.91 Å². The summed E-state index contributed by atoms with van der Waals surface area (Å²) in [6.07, 6.45) is 0. The highest BCUT2D eigenvalue weighted by Gasteiger charge is 2.12. The third-order valence-corrected chi connectivity index (χ3v) is 1.48. The number of hydrogen-bond acceptors (Lipinski definition) is 4. The van der Waals surface area contributed by atoms with Gasteiger partial charge < -0.3 is 5.73 Å². The van der Waals surface area contributed by atoms with Crippen molar-refractivity contribution < 1.29 is 4.92 Å². The number of pyridine rings is 1. The van der Waals surface area contributed by atoms with Crippen molar-refractivity contribution in [3.05, 3.63) is 33.6 Å². The van der Waals surface area contributed by atoms with Gasteiger partial charge in [0.2, 0.25) is 0 Å². The minimum absolute atomic E-state index is 0.0110. The summed E-state index contributed by atoms with van der Waals surface area (Å²) in [7, 11) is 0. The topological polar surface area (TPSA) is 82.0 Å². The van der Waals surface area contributed by atoms with Crippen molar-refractivity contribution in [1.29, 1.82) is 0 Å². The lowest BCUT2D eigenvalue weighted by atomic mass is 10.2. The summed E-state index contributed by atoms with van der Waals surface area (Å²) in [5.74, 6) is 0. The first-order valence-electron chi connectivity index (χ1n) is 3.46. The number of nitrogens with zero attached hydrogens (tertiary/aromatic N) is 2. The first kappa shape index (κ1) is 8.61. The maximum atomic E-state index is 10.4. The second-order valence-electron chi connectivity index (χ2n) is 2.38. The Balaban J connectivity index is 3.20. The van der Waals surface area contributed by atoms with Crippen LogP contribution in [0.2, 0.25) is 0 Å². The van der Waals surface area contributed by atoms with Crippen LogP contribution in [0.3, 0.4) is 0 Å². The fourth-order valence-corrected chi connectivity index (χ4v) is 0.920. The van der Waals surface area contributed by atoms with Crippen LogP contribution in [0.5, 0.6) is 0 Å². The molecule has 0 spiro atoms. The zero-order valence-corrected chi connectivity index (χ0v) is 6.65. The quantitative estimate of drug-likeness (QED) is 0.520. The number of aromatic nitrogens is 1. The smallest absolute Gasteiger partial charge is 0.292 e. The van der Waals surface area contributed by atoms with Crippen molar-refractivity contribution in [2.45, 2.75) is 13.5 Å². The van der Waals surface area contributed by atoms with E-state index >= 15 is 0 Å². The predicted molar refractivity (Wildman–Crippen MR) is 43.5 cm³/mol. The van der Waals surface area contributed by atoms with Gasteiger partial charge in [0.1, 0.15) is 5.69 Å². The average molecular weight is 167 g/mol. The molecule has 64 valence electrons. The molecule has 0 saturated carbocycles. The van der Waals surface area contributed by atoms with Crippen LogP contribution in [0, 0.1) is 17.0 Å². The molecule has 1 heterocycles. The van der Waals surface area contributed by atoms with Gasteiger partial charge in [-0.15, -0.1) is 0 Å². The van der Waals surface area contributed by atoms with Crippen molar-refractivity contribution in [3.8, 4) is 0 Å². The Bertz CT molecular complexity index is 312. The fourth-order valence-electron chi connectivity index (χ4n) is 0.920. The lowest BCUT2D eigenvalue weighted by Crippen LogP contribution is -2.05. The van der Waals surface area contributed by atoms with Crippen LogP contribution in [0.1, 0.15) is 11.4 Å². The van der Waals surface area contributed by atoms with E-state index in [1.54, 1.807) is 13.0 Å². The van der Waals surface area contributed by atoms with E-state index in [2.05, 4.69) is 4.98 Å². The number of nitro groups is 1. The summed E-state index contributed by atoms with van der Waals surface area (Å²) in [5, 5.41) is 10.4. The average Bonchev–Trinajstić information content (AvgIpc) is 2.03. The molecule has 0 atom stereocenters. The van der Waals surface area contributed by atoms with Crippen molar-refractivity contribution >= 4 is 5.69 Å². The summed E-state index contributed by atoms with van der Waals surface area (Å²) in [5.41, 5.74) is 6.35. The molecule has 1 aromatic rings. The molecule has 5 nitrogen and oxygen atoms in total. The van der Waals surface area contributed by atoms with Gasteiger partial charge in [-0.3, -0.25) is 10.1 Å². The van der Waals surface area contributed by atoms with Gasteiger partial charge in [0.25, 0.3) is 5.69 Å². The van der Waals surface area contributed by atoms with E-state index < -0.39 is 4.92 Å². The molecule has 5 heteroatoms. The highest BCUT2D eigenvalue weighted by atomic mass is 16.6. The maximum Gasteiger partial charge on any atom is 0.292 e. The Morgan fingerprint density at radius 2 is 2.33 bits per heavy atom. The van der Waals surface area contributed by atoms with Crippen LogP contribution >= 0.6 is 0 Å². The number of nitrogens with two attached hydrogens (primary N) is 1. The Labute approximate surface area is 69.4 Å². The van der Waals surface area contributed by atoms with Gasteiger partial charge in [0.15, 0.2) is 0 Å². The van der Waals surface area contributed by atoms with E-state index in [-0.39, 0.29) is 12.2 Å². The standard InChI is InChI=1S/C7H9N3O2/c1-5-2-3-7(10(11)12)6(4-8)9-5/h2-3H,4,8H2,1H3. The second kappa shape index (κ2) is 3.27. The highest BCUT2D eigenvalue weighted by molar-refractivity contribution is 5.35. The van der Waals surface area contributed by atoms with Gasteiger partial charge in [-0.25, -0.2) is 4.98 Å². The molecule has 1 aromatic heterocycles. The molecule has 0 bridgehead atoms. The monoisotopic (exact) mass is 167 g/mol. The van der Waals surface area contributed by atoms with E-state index in [0.717, 1.165) is 5.69 Å². The van der Waals surface area contributed by atoms with Gasteiger partial charge >= 0.3 is 0 Å². The Morgan fingerprint density at radius 1 is 1.67 bits per heavy atom. The molecule has 0 radical (unpaired) electrons. The number of aryl methyl sites for hydroxylation is 1. The van der Waals surface area contributed by atoms with E-state index in [1.165, 1.54) is 6.07 Å². The largest absolute Gasteiger partial charge is 0.325 e. The Morgan fingerprint density at radius 3 is 2.83 bits per heavy atom. The van der Waals surface area contributed by atoms with Crippen molar-refractivity contribution in [2.75, 3.05) is 0 Å². The molecule has 12 heavy (non-hydrogen) atoms. The van der Waals surface area contributed by atoms with Crippen LogP contribution < -0.4 is 5.73 Å². The third kappa shape index (κ3) is 1.57. The SMILES string of the molecule is Cc1ccc([N+](=O)[O-])c(CN)n1. The van der Waals surface area contributed by atoms with Crippen LogP contribution in [0.4, 0.5) is 5.69 Å². The van der Waals surface area contributed by atoms with Crippen LogP contribution in [-0.2, 0) is 6.54 Å². The first-order chi connectivity index (χ1) is 5.65. The molecular formula is C7H9N3O2. The van der Waals surface area contributed by atoms with Gasteiger partial charge in [0.05, 0.1) is 4.92 Å². The van der Waals surface area contributed by atoms with E-state index in [4.69, 9.17) is 5.73 Å². The first-order valence-corrected chi connectivity index (χ1v) is 3.46. The predicted octanol–water partition coefficient (Wildman–Crippen LogP) is 0.757. The van der Waals surface area contributed by atoms with Crippen molar-refractivity contribution in [2.24, 2.45) is 5.73 Å². The van der Waals surface area contributed by atoms with Gasteiger partial charge in [-0.1, -0.05) is 0 Å². The lowest BCUT2D eigenvalue weighted by molar-refractivity contribution is -0.385. The molecule has 0 saturated heterocycles. The molecule has 0 aromatic carbocycles. The molecule has 0 aliphatic rings. The molecule has 0 fully saturated rings. The fraction of sp³-hybridized carbons (Fsp3) is 0.286. The highest BCUT2D eigenvalue weighted by Crippen LogP contribution is 2.15. The number of rotatable bonds is 2. The zero-order valence-electron chi connectivity index (χ0n) is 6.65. The molecule has 0 aliphatic carbocycles. The van der Waals surface area contributed by atoms with Gasteiger partial charge in [-0.05, 0) is 13.0 Å². The molecule has 2 N–H and O–H groups in total. The molecule has 0 unspecified atom stereocenters. The molecule has 0 amide bonds. The third-order valence-electron chi connectivity index (χ3n) is 1.48. The number of hydrogen-bond donors (Lipinski definition) is 1. The normalized spacial score (nSPS) is 9.83. The molecular weight excluding hydrogens is 158 g/mol. The lowest BCUT2D eigenvalue weighted by Gasteiger charge is -1.98. The summed E-state index contributed by atoms with van der Waals surface area (Å²) in [6, 6.07) is 3.02. The Hall–Kier alpha value is -1.49. The minimum Gasteiger partial charge on any atom is -0.325 e. The molecule has 1 rings (SSSR count). The van der Waals surface area contributed by atoms with Crippen molar-refractivity contribution in [1.82, 2.24) is 4.98 Å². The van der Waals surface area contributed by atoms with E-state index in [0.29, 0.717) is 5.69 Å². The van der Waals surface area contributed by atoms with Crippen LogP contribution in [0.25, 0.3) is 0 Å². The van der Waals surface area contributed by atoms with E-state index in [9.17, 15) is 10.1 Å². The summed E-state index contributed by atoms with van der Waals surface area (Å²) in [4.78, 5) is 13.9. The van der Waals surface area contributed by atoms with Gasteiger partial charge in [-0.2, -0.15) is 0 Å². The summed E-state index contributed by atoms with van der Waals surface area (Å²) in [6.45, 7) is 1.86. The van der Waals surface area contributed by atoms with E-state index in [1.807, 2.05) is 0 Å². The Kier molecular flexibility index (Phi) is 2.35. The van der Waals surface area contributed by atoms with Crippen LogP contribution in [0.15, 0.2) is 12.1 Å². The van der Waals surface area contributed by atoms with Crippen molar-refractivity contribution in [3.63, 3.8) is 0 Å². The van der Waals surface area contributed by atoms with Gasteiger partial charge in [0, 0.05) is 18.3 Å². The second-order valence-corrected chi connectivity index (χ2v) is 2.38. The summed E-state index contributed by atoms with van der Waals surface area (Å²) < 4.78 is 0. The maximum absolute atomic E-state index is 10.4. The summed E-state index contributed by atoms with van der Waals surface area (Å²) >= 11 is 0. The molecule has 0 aliphatic heterocycles.